The molecule has 0 spiro atoms. The quantitative estimate of drug-likeness (QED) is 0.752. The molecule has 0 aliphatic carbocycles. The third kappa shape index (κ3) is 5.69. The van der Waals surface area contributed by atoms with Crippen molar-refractivity contribution in [1.29, 1.82) is 0 Å². The summed E-state index contributed by atoms with van der Waals surface area (Å²) in [6, 6.07) is 17.7. The summed E-state index contributed by atoms with van der Waals surface area (Å²) in [5, 5.41) is 8.70. The molecule has 0 heterocycles. The van der Waals surface area contributed by atoms with Gasteiger partial charge in [-0.05, 0) is 42.5 Å². The number of rotatable bonds is 8. The standard InChI is InChI=1S/C18H20O3/c19-18(20)14-16-9-11-17(12-10-16)21-13-5-4-8-15-6-2-1-3-7-15/h1-3,6-7,9-12H,4-5,8,13-14H2,(H,19,20). The van der Waals surface area contributed by atoms with Crippen molar-refractivity contribution < 1.29 is 14.6 Å². The summed E-state index contributed by atoms with van der Waals surface area (Å²) in [6.07, 6.45) is 3.23. The lowest BCUT2D eigenvalue weighted by Gasteiger charge is -2.07. The van der Waals surface area contributed by atoms with Gasteiger partial charge in [0.1, 0.15) is 5.75 Å². The molecule has 0 aliphatic heterocycles. The molecule has 3 nitrogen and oxygen atoms in total. The minimum absolute atomic E-state index is 0.0529. The summed E-state index contributed by atoms with van der Waals surface area (Å²) in [5.41, 5.74) is 2.15. The van der Waals surface area contributed by atoms with Crippen LogP contribution in [0.3, 0.4) is 0 Å². The van der Waals surface area contributed by atoms with Crippen LogP contribution in [0.1, 0.15) is 24.0 Å². The number of carboxylic acid groups (broad SMARTS) is 1. The van der Waals surface area contributed by atoms with Crippen molar-refractivity contribution in [2.45, 2.75) is 25.7 Å². The van der Waals surface area contributed by atoms with Gasteiger partial charge in [0.25, 0.3) is 0 Å². The first-order valence-electron chi connectivity index (χ1n) is 7.21. The highest BCUT2D eigenvalue weighted by Gasteiger charge is 2.00. The van der Waals surface area contributed by atoms with Gasteiger partial charge in [-0.2, -0.15) is 0 Å². The Morgan fingerprint density at radius 2 is 1.62 bits per heavy atom. The number of hydrogen-bond acceptors (Lipinski definition) is 2. The molecule has 0 amide bonds. The van der Waals surface area contributed by atoms with Gasteiger partial charge in [0, 0.05) is 0 Å². The smallest absolute Gasteiger partial charge is 0.307 e. The number of aliphatic carboxylic acids is 1. The van der Waals surface area contributed by atoms with Crippen molar-refractivity contribution in [3.05, 3.63) is 65.7 Å². The molecule has 0 saturated heterocycles. The average Bonchev–Trinajstić information content (AvgIpc) is 2.49. The van der Waals surface area contributed by atoms with Crippen molar-refractivity contribution in [3.63, 3.8) is 0 Å². The molecule has 21 heavy (non-hydrogen) atoms. The Labute approximate surface area is 125 Å². The van der Waals surface area contributed by atoms with Crippen LogP contribution in [0, 0.1) is 0 Å². The fraction of sp³-hybridized carbons (Fsp3) is 0.278. The molecule has 0 saturated carbocycles. The first-order valence-corrected chi connectivity index (χ1v) is 7.21. The Balaban J connectivity index is 1.65. The molecular formula is C18H20O3. The molecule has 3 heteroatoms. The van der Waals surface area contributed by atoms with Gasteiger partial charge < -0.3 is 9.84 Å². The summed E-state index contributed by atoms with van der Waals surface area (Å²) in [4.78, 5) is 10.6. The summed E-state index contributed by atoms with van der Waals surface area (Å²) in [6.45, 7) is 0.686. The van der Waals surface area contributed by atoms with Gasteiger partial charge in [0.05, 0.1) is 13.0 Å². The van der Waals surface area contributed by atoms with Crippen LogP contribution in [0.25, 0.3) is 0 Å². The number of hydrogen-bond donors (Lipinski definition) is 1. The molecule has 0 radical (unpaired) electrons. The maximum Gasteiger partial charge on any atom is 0.307 e. The molecule has 0 fully saturated rings. The molecule has 0 aromatic heterocycles. The number of benzene rings is 2. The zero-order chi connectivity index (χ0) is 14.9. The largest absolute Gasteiger partial charge is 0.494 e. The van der Waals surface area contributed by atoms with Crippen LogP contribution < -0.4 is 4.74 Å². The third-order valence-electron chi connectivity index (χ3n) is 3.25. The second kappa shape index (κ2) is 8.10. The summed E-state index contributed by atoms with van der Waals surface area (Å²) < 4.78 is 5.66. The Kier molecular flexibility index (Phi) is 5.83. The zero-order valence-corrected chi connectivity index (χ0v) is 12.0. The van der Waals surface area contributed by atoms with Crippen LogP contribution in [0.15, 0.2) is 54.6 Å². The minimum atomic E-state index is -0.815. The van der Waals surface area contributed by atoms with Gasteiger partial charge in [-0.25, -0.2) is 0 Å². The Bertz CT molecular complexity index is 546. The van der Waals surface area contributed by atoms with Crippen LogP contribution in [-0.4, -0.2) is 17.7 Å². The Hall–Kier alpha value is -2.29. The van der Waals surface area contributed by atoms with E-state index in [1.54, 1.807) is 12.1 Å². The maximum atomic E-state index is 10.6. The van der Waals surface area contributed by atoms with Crippen LogP contribution in [0.5, 0.6) is 5.75 Å². The van der Waals surface area contributed by atoms with Crippen molar-refractivity contribution >= 4 is 5.97 Å². The fourth-order valence-electron chi connectivity index (χ4n) is 2.14. The molecule has 2 rings (SSSR count). The highest BCUT2D eigenvalue weighted by atomic mass is 16.5. The van der Waals surface area contributed by atoms with Gasteiger partial charge >= 0.3 is 5.97 Å². The van der Waals surface area contributed by atoms with E-state index in [2.05, 4.69) is 24.3 Å². The molecule has 0 atom stereocenters. The van der Waals surface area contributed by atoms with Crippen LogP contribution in [0.4, 0.5) is 0 Å². The second-order valence-corrected chi connectivity index (χ2v) is 5.01. The highest BCUT2D eigenvalue weighted by molar-refractivity contribution is 5.70. The number of ether oxygens (including phenoxy) is 1. The first kappa shape index (κ1) is 15.1. The van der Waals surface area contributed by atoms with E-state index in [1.165, 1.54) is 5.56 Å². The Morgan fingerprint density at radius 3 is 2.29 bits per heavy atom. The van der Waals surface area contributed by atoms with Gasteiger partial charge in [-0.15, -0.1) is 0 Å². The van der Waals surface area contributed by atoms with E-state index in [9.17, 15) is 4.79 Å². The van der Waals surface area contributed by atoms with E-state index >= 15 is 0 Å². The molecule has 0 aliphatic rings. The minimum Gasteiger partial charge on any atom is -0.494 e. The van der Waals surface area contributed by atoms with Gasteiger partial charge in [0.2, 0.25) is 0 Å². The number of unbranched alkanes of at least 4 members (excludes halogenated alkanes) is 1. The summed E-state index contributed by atoms with van der Waals surface area (Å²) in [5.74, 6) is -0.0200. The summed E-state index contributed by atoms with van der Waals surface area (Å²) in [7, 11) is 0. The van der Waals surface area contributed by atoms with E-state index in [1.807, 2.05) is 18.2 Å². The molecule has 2 aromatic rings. The zero-order valence-electron chi connectivity index (χ0n) is 12.0. The highest BCUT2D eigenvalue weighted by Crippen LogP contribution is 2.13. The summed E-state index contributed by atoms with van der Waals surface area (Å²) >= 11 is 0. The van der Waals surface area contributed by atoms with Crippen molar-refractivity contribution in [1.82, 2.24) is 0 Å². The topological polar surface area (TPSA) is 46.5 Å². The first-order chi connectivity index (χ1) is 10.2. The van der Waals surface area contributed by atoms with Crippen LogP contribution >= 0.6 is 0 Å². The number of carbonyl (C=O) groups is 1. The SMILES string of the molecule is O=C(O)Cc1ccc(OCCCCc2ccccc2)cc1. The number of aryl methyl sites for hydroxylation is 1. The lowest BCUT2D eigenvalue weighted by atomic mass is 10.1. The van der Waals surface area contributed by atoms with Crippen LogP contribution in [-0.2, 0) is 17.6 Å². The van der Waals surface area contributed by atoms with Gasteiger partial charge in [0.15, 0.2) is 0 Å². The van der Waals surface area contributed by atoms with Crippen molar-refractivity contribution in [2.24, 2.45) is 0 Å². The molecule has 2 aromatic carbocycles. The van der Waals surface area contributed by atoms with Crippen molar-refractivity contribution in [3.8, 4) is 5.75 Å². The normalized spacial score (nSPS) is 10.3. The lowest BCUT2D eigenvalue weighted by Crippen LogP contribution is -2.01. The van der Waals surface area contributed by atoms with Crippen molar-refractivity contribution in [2.75, 3.05) is 6.61 Å². The van der Waals surface area contributed by atoms with E-state index in [4.69, 9.17) is 9.84 Å². The lowest BCUT2D eigenvalue weighted by molar-refractivity contribution is -0.136. The Morgan fingerprint density at radius 1 is 0.905 bits per heavy atom. The monoisotopic (exact) mass is 284 g/mol. The molecule has 0 unspecified atom stereocenters. The van der Waals surface area contributed by atoms with E-state index in [-0.39, 0.29) is 6.42 Å². The molecular weight excluding hydrogens is 264 g/mol. The molecule has 110 valence electrons. The maximum absolute atomic E-state index is 10.6. The van der Waals surface area contributed by atoms with Crippen LogP contribution in [0.2, 0.25) is 0 Å². The molecule has 0 bridgehead atoms. The second-order valence-electron chi connectivity index (χ2n) is 5.01. The van der Waals surface area contributed by atoms with E-state index < -0.39 is 5.97 Å². The number of carboxylic acids is 1. The van der Waals surface area contributed by atoms with Gasteiger partial charge in [-0.1, -0.05) is 42.5 Å². The predicted octanol–water partition coefficient (Wildman–Crippen LogP) is 3.72. The average molecular weight is 284 g/mol. The predicted molar refractivity (Wildman–Crippen MR) is 82.7 cm³/mol. The third-order valence-corrected chi connectivity index (χ3v) is 3.25. The molecule has 1 N–H and O–H groups in total. The van der Waals surface area contributed by atoms with E-state index in [0.29, 0.717) is 6.61 Å². The fourth-order valence-corrected chi connectivity index (χ4v) is 2.14. The van der Waals surface area contributed by atoms with Gasteiger partial charge in [-0.3, -0.25) is 4.79 Å². The van der Waals surface area contributed by atoms with E-state index in [0.717, 1.165) is 30.6 Å².